The first-order valence-electron chi connectivity index (χ1n) is 7.78. The van der Waals surface area contributed by atoms with Crippen LogP contribution in [0.4, 0.5) is 4.39 Å². The lowest BCUT2D eigenvalue weighted by Gasteiger charge is -2.29. The van der Waals surface area contributed by atoms with Gasteiger partial charge in [0.1, 0.15) is 5.76 Å². The summed E-state index contributed by atoms with van der Waals surface area (Å²) in [5.41, 5.74) is 0.364. The Morgan fingerprint density at radius 2 is 2.14 bits per heavy atom. The first-order valence-corrected chi connectivity index (χ1v) is 7.78. The molecule has 0 bridgehead atoms. The first kappa shape index (κ1) is 14.5. The number of halogens is 1. The number of nitrogens with one attached hydrogen (secondary N) is 1. The summed E-state index contributed by atoms with van der Waals surface area (Å²) in [4.78, 5) is 0. The Bertz CT molecular complexity index is 589. The second-order valence-corrected chi connectivity index (χ2v) is 5.69. The lowest BCUT2D eigenvalue weighted by molar-refractivity contribution is 0.0509. The van der Waals surface area contributed by atoms with Crippen molar-refractivity contribution in [3.05, 3.63) is 35.8 Å². The third kappa shape index (κ3) is 3.11. The van der Waals surface area contributed by atoms with Crippen LogP contribution in [-0.2, 0) is 4.74 Å². The van der Waals surface area contributed by atoms with E-state index in [0.717, 1.165) is 50.2 Å². The first-order chi connectivity index (χ1) is 10.3. The summed E-state index contributed by atoms with van der Waals surface area (Å²) < 4.78 is 25.1. The molecule has 2 aromatic rings. The SMILES string of the molecule is CCCNC(c1cc2cccc(F)c2o1)C1CCOCC1. The van der Waals surface area contributed by atoms with Crippen LogP contribution in [0.3, 0.4) is 0 Å². The van der Waals surface area contributed by atoms with Gasteiger partial charge in [0.2, 0.25) is 0 Å². The number of fused-ring (bicyclic) bond motifs is 1. The van der Waals surface area contributed by atoms with E-state index in [1.165, 1.54) is 6.07 Å². The normalized spacial score (nSPS) is 18.2. The van der Waals surface area contributed by atoms with Gasteiger partial charge in [0.05, 0.1) is 6.04 Å². The maximum absolute atomic E-state index is 13.8. The van der Waals surface area contributed by atoms with Gasteiger partial charge in [-0.05, 0) is 43.9 Å². The topological polar surface area (TPSA) is 34.4 Å². The van der Waals surface area contributed by atoms with Crippen LogP contribution < -0.4 is 5.32 Å². The van der Waals surface area contributed by atoms with Gasteiger partial charge in [0.15, 0.2) is 11.4 Å². The van der Waals surface area contributed by atoms with Crippen molar-refractivity contribution in [2.75, 3.05) is 19.8 Å². The minimum atomic E-state index is -0.292. The maximum atomic E-state index is 13.8. The Labute approximate surface area is 124 Å². The standard InChI is InChI=1S/C17H22FNO2/c1-2-8-19-16(12-6-9-20-10-7-12)15-11-13-4-3-5-14(18)17(13)21-15/h3-5,11-12,16,19H,2,6-10H2,1H3. The van der Waals surface area contributed by atoms with Crippen LogP contribution in [0, 0.1) is 11.7 Å². The number of furan rings is 1. The molecule has 2 heterocycles. The van der Waals surface area contributed by atoms with Gasteiger partial charge >= 0.3 is 0 Å². The van der Waals surface area contributed by atoms with Crippen LogP contribution in [-0.4, -0.2) is 19.8 Å². The fourth-order valence-corrected chi connectivity index (χ4v) is 3.05. The summed E-state index contributed by atoms with van der Waals surface area (Å²) in [5, 5.41) is 4.40. The summed E-state index contributed by atoms with van der Waals surface area (Å²) in [7, 11) is 0. The zero-order valence-corrected chi connectivity index (χ0v) is 12.4. The van der Waals surface area contributed by atoms with Gasteiger partial charge in [-0.1, -0.05) is 19.1 Å². The number of hydrogen-bond acceptors (Lipinski definition) is 3. The molecule has 1 aromatic carbocycles. The smallest absolute Gasteiger partial charge is 0.169 e. The monoisotopic (exact) mass is 291 g/mol. The Morgan fingerprint density at radius 1 is 1.33 bits per heavy atom. The molecule has 1 atom stereocenters. The van der Waals surface area contributed by atoms with Gasteiger partial charge in [-0.15, -0.1) is 0 Å². The van der Waals surface area contributed by atoms with E-state index in [0.29, 0.717) is 11.5 Å². The highest BCUT2D eigenvalue weighted by molar-refractivity contribution is 5.78. The van der Waals surface area contributed by atoms with Crippen molar-refractivity contribution in [1.82, 2.24) is 5.32 Å². The van der Waals surface area contributed by atoms with Crippen LogP contribution in [0.2, 0.25) is 0 Å². The Balaban J connectivity index is 1.90. The van der Waals surface area contributed by atoms with E-state index in [1.54, 1.807) is 6.07 Å². The van der Waals surface area contributed by atoms with Gasteiger partial charge in [0.25, 0.3) is 0 Å². The molecule has 1 N–H and O–H groups in total. The summed E-state index contributed by atoms with van der Waals surface area (Å²) >= 11 is 0. The van der Waals surface area contributed by atoms with Crippen LogP contribution in [0.5, 0.6) is 0 Å². The van der Waals surface area contributed by atoms with Crippen molar-refractivity contribution >= 4 is 11.0 Å². The predicted octanol–water partition coefficient (Wildman–Crippen LogP) is 4.04. The van der Waals surface area contributed by atoms with Crippen molar-refractivity contribution in [2.45, 2.75) is 32.2 Å². The molecule has 3 rings (SSSR count). The molecular formula is C17H22FNO2. The highest BCUT2D eigenvalue weighted by Gasteiger charge is 2.28. The highest BCUT2D eigenvalue weighted by atomic mass is 19.1. The Hall–Kier alpha value is -1.39. The van der Waals surface area contributed by atoms with Gasteiger partial charge in [-0.2, -0.15) is 0 Å². The van der Waals surface area contributed by atoms with Gasteiger partial charge < -0.3 is 14.5 Å². The van der Waals surface area contributed by atoms with E-state index >= 15 is 0 Å². The van der Waals surface area contributed by atoms with Gasteiger partial charge in [0, 0.05) is 18.6 Å². The summed E-state index contributed by atoms with van der Waals surface area (Å²) in [5.74, 6) is 1.03. The predicted molar refractivity (Wildman–Crippen MR) is 80.7 cm³/mol. The Morgan fingerprint density at radius 3 is 2.86 bits per heavy atom. The number of benzene rings is 1. The second-order valence-electron chi connectivity index (χ2n) is 5.69. The molecule has 21 heavy (non-hydrogen) atoms. The zero-order valence-electron chi connectivity index (χ0n) is 12.4. The lowest BCUT2D eigenvalue weighted by Crippen LogP contribution is -2.32. The van der Waals surface area contributed by atoms with E-state index in [2.05, 4.69) is 12.2 Å². The molecule has 0 spiro atoms. The van der Waals surface area contributed by atoms with Crippen molar-refractivity contribution in [2.24, 2.45) is 5.92 Å². The molecule has 1 unspecified atom stereocenters. The van der Waals surface area contributed by atoms with E-state index in [1.807, 2.05) is 12.1 Å². The molecule has 1 aromatic heterocycles. The quantitative estimate of drug-likeness (QED) is 0.903. The van der Waals surface area contributed by atoms with Gasteiger partial charge in [-0.25, -0.2) is 4.39 Å². The average Bonchev–Trinajstić information content (AvgIpc) is 2.94. The molecule has 1 aliphatic rings. The summed E-state index contributed by atoms with van der Waals surface area (Å²) in [6.45, 7) is 4.67. The molecule has 0 saturated carbocycles. The minimum Gasteiger partial charge on any atom is -0.456 e. The van der Waals surface area contributed by atoms with E-state index in [4.69, 9.17) is 9.15 Å². The third-order valence-electron chi connectivity index (χ3n) is 4.17. The lowest BCUT2D eigenvalue weighted by atomic mass is 9.90. The maximum Gasteiger partial charge on any atom is 0.169 e. The number of hydrogen-bond donors (Lipinski definition) is 1. The fourth-order valence-electron chi connectivity index (χ4n) is 3.05. The number of ether oxygens (including phenoxy) is 1. The average molecular weight is 291 g/mol. The van der Waals surface area contributed by atoms with Crippen LogP contribution in [0.25, 0.3) is 11.0 Å². The second kappa shape index (κ2) is 6.58. The van der Waals surface area contributed by atoms with Crippen molar-refractivity contribution in [1.29, 1.82) is 0 Å². The fraction of sp³-hybridized carbons (Fsp3) is 0.529. The molecule has 0 amide bonds. The number of rotatable bonds is 5. The van der Waals surface area contributed by atoms with Crippen molar-refractivity contribution in [3.8, 4) is 0 Å². The minimum absolute atomic E-state index is 0.139. The van der Waals surface area contributed by atoms with Crippen LogP contribution in [0.15, 0.2) is 28.7 Å². The molecule has 0 aliphatic carbocycles. The third-order valence-corrected chi connectivity index (χ3v) is 4.17. The van der Waals surface area contributed by atoms with Crippen LogP contribution >= 0.6 is 0 Å². The molecular weight excluding hydrogens is 269 g/mol. The van der Waals surface area contributed by atoms with E-state index < -0.39 is 0 Å². The molecule has 114 valence electrons. The Kier molecular flexibility index (Phi) is 4.56. The molecule has 1 saturated heterocycles. The molecule has 3 nitrogen and oxygen atoms in total. The van der Waals surface area contributed by atoms with E-state index in [9.17, 15) is 4.39 Å². The van der Waals surface area contributed by atoms with Gasteiger partial charge in [-0.3, -0.25) is 0 Å². The molecule has 1 fully saturated rings. The van der Waals surface area contributed by atoms with Crippen molar-refractivity contribution in [3.63, 3.8) is 0 Å². The molecule has 4 heteroatoms. The molecule has 0 radical (unpaired) electrons. The summed E-state index contributed by atoms with van der Waals surface area (Å²) in [6.07, 6.45) is 3.09. The zero-order chi connectivity index (χ0) is 14.7. The van der Waals surface area contributed by atoms with E-state index in [-0.39, 0.29) is 11.9 Å². The summed E-state index contributed by atoms with van der Waals surface area (Å²) in [6, 6.07) is 7.17. The van der Waals surface area contributed by atoms with Crippen molar-refractivity contribution < 1.29 is 13.5 Å². The van der Waals surface area contributed by atoms with Crippen LogP contribution in [0.1, 0.15) is 38.0 Å². The highest BCUT2D eigenvalue weighted by Crippen LogP contribution is 2.34. The number of para-hydroxylation sites is 1. The largest absolute Gasteiger partial charge is 0.456 e. The molecule has 1 aliphatic heterocycles.